The highest BCUT2D eigenvalue weighted by Gasteiger charge is 2.26. The second-order valence-electron chi connectivity index (χ2n) is 3.87. The Morgan fingerprint density at radius 3 is 2.57 bits per heavy atom. The molecule has 2 atom stereocenters. The van der Waals surface area contributed by atoms with Crippen molar-refractivity contribution in [1.29, 1.82) is 0 Å². The van der Waals surface area contributed by atoms with E-state index in [1.165, 1.54) is 0 Å². The SMILES string of the molecule is NC(CC(=O)OP)C1CCC(F)CC1. The summed E-state index contributed by atoms with van der Waals surface area (Å²) in [4.78, 5) is 10.9. The number of rotatable bonds is 3. The molecule has 0 spiro atoms. The van der Waals surface area contributed by atoms with Gasteiger partial charge in [0.15, 0.2) is 0 Å². The standard InChI is InChI=1S/C9H17FNO2P/c10-7-3-1-6(2-4-7)8(11)5-9(12)13-14/h6-8H,1-5,11,14H2. The molecule has 2 unspecified atom stereocenters. The van der Waals surface area contributed by atoms with Crippen LogP contribution in [0.5, 0.6) is 0 Å². The maximum absolute atomic E-state index is 12.8. The first-order chi connectivity index (χ1) is 6.63. The van der Waals surface area contributed by atoms with Gasteiger partial charge in [0, 0.05) is 6.04 Å². The number of hydrogen-bond acceptors (Lipinski definition) is 3. The number of nitrogens with two attached hydrogens (primary N) is 1. The molecule has 0 heterocycles. The molecule has 0 bridgehead atoms. The summed E-state index contributed by atoms with van der Waals surface area (Å²) in [6.07, 6.45) is 2.28. The first-order valence-electron chi connectivity index (χ1n) is 4.92. The molecule has 0 saturated heterocycles. The van der Waals surface area contributed by atoms with Gasteiger partial charge in [-0.2, -0.15) is 0 Å². The molecular weight excluding hydrogens is 204 g/mol. The molecule has 14 heavy (non-hydrogen) atoms. The van der Waals surface area contributed by atoms with Crippen LogP contribution in [0.15, 0.2) is 0 Å². The van der Waals surface area contributed by atoms with Gasteiger partial charge >= 0.3 is 5.97 Å². The van der Waals surface area contributed by atoms with Crippen LogP contribution >= 0.6 is 9.47 Å². The van der Waals surface area contributed by atoms with Gasteiger partial charge in [-0.15, -0.1) is 0 Å². The fourth-order valence-corrected chi connectivity index (χ4v) is 2.01. The molecule has 3 nitrogen and oxygen atoms in total. The third-order valence-electron chi connectivity index (χ3n) is 2.84. The highest BCUT2D eigenvalue weighted by Crippen LogP contribution is 2.28. The van der Waals surface area contributed by atoms with Crippen molar-refractivity contribution < 1.29 is 13.7 Å². The van der Waals surface area contributed by atoms with Gasteiger partial charge in [-0.3, -0.25) is 4.79 Å². The highest BCUT2D eigenvalue weighted by molar-refractivity contribution is 7.10. The number of carbonyl (C=O) groups is 1. The first-order valence-corrected chi connectivity index (χ1v) is 5.40. The Morgan fingerprint density at radius 2 is 2.07 bits per heavy atom. The minimum Gasteiger partial charge on any atom is -0.451 e. The van der Waals surface area contributed by atoms with Crippen LogP contribution in [0.25, 0.3) is 0 Å². The van der Waals surface area contributed by atoms with Crippen LogP contribution in [-0.2, 0) is 9.32 Å². The summed E-state index contributed by atoms with van der Waals surface area (Å²) in [5, 5.41) is 0. The molecule has 0 radical (unpaired) electrons. The lowest BCUT2D eigenvalue weighted by molar-refractivity contribution is -0.133. The zero-order valence-corrected chi connectivity index (χ0v) is 9.27. The zero-order chi connectivity index (χ0) is 10.6. The summed E-state index contributed by atoms with van der Waals surface area (Å²) < 4.78 is 17.3. The molecule has 0 aliphatic heterocycles. The fraction of sp³-hybridized carbons (Fsp3) is 0.889. The number of hydrogen-bond donors (Lipinski definition) is 1. The van der Waals surface area contributed by atoms with Crippen LogP contribution in [-0.4, -0.2) is 18.2 Å². The molecule has 82 valence electrons. The number of alkyl halides is 1. The van der Waals surface area contributed by atoms with Crippen molar-refractivity contribution in [1.82, 2.24) is 0 Å². The largest absolute Gasteiger partial charge is 0.451 e. The van der Waals surface area contributed by atoms with Gasteiger partial charge < -0.3 is 10.3 Å². The third kappa shape index (κ3) is 3.50. The van der Waals surface area contributed by atoms with Crippen LogP contribution in [0.2, 0.25) is 0 Å². The van der Waals surface area contributed by atoms with Gasteiger partial charge in [0.2, 0.25) is 0 Å². The molecule has 2 N–H and O–H groups in total. The molecular formula is C9H17FNO2P. The zero-order valence-electron chi connectivity index (χ0n) is 8.12. The summed E-state index contributed by atoms with van der Waals surface area (Å²) in [6.45, 7) is 0. The normalized spacial score (nSPS) is 29.6. The topological polar surface area (TPSA) is 52.3 Å². The molecule has 0 amide bonds. The van der Waals surface area contributed by atoms with Crippen molar-refractivity contribution in [3.8, 4) is 0 Å². The summed E-state index contributed by atoms with van der Waals surface area (Å²) in [5.74, 6) is -0.0454. The Morgan fingerprint density at radius 1 is 1.50 bits per heavy atom. The smallest absolute Gasteiger partial charge is 0.309 e. The van der Waals surface area contributed by atoms with E-state index in [0.717, 1.165) is 12.8 Å². The second-order valence-corrected chi connectivity index (χ2v) is 4.11. The Labute approximate surface area is 85.9 Å². The lowest BCUT2D eigenvalue weighted by Gasteiger charge is -2.28. The van der Waals surface area contributed by atoms with E-state index in [1.54, 1.807) is 0 Å². The van der Waals surface area contributed by atoms with Crippen molar-refractivity contribution in [3.63, 3.8) is 0 Å². The fourth-order valence-electron chi connectivity index (χ4n) is 1.91. The molecule has 1 aliphatic carbocycles. The summed E-state index contributed by atoms with van der Waals surface area (Å²) in [6, 6.07) is -0.185. The molecule has 0 aromatic rings. The molecule has 1 saturated carbocycles. The van der Waals surface area contributed by atoms with E-state index >= 15 is 0 Å². The Bertz CT molecular complexity index is 195. The van der Waals surface area contributed by atoms with E-state index in [2.05, 4.69) is 4.52 Å². The third-order valence-corrected chi connectivity index (χ3v) is 3.10. The average Bonchev–Trinajstić information content (AvgIpc) is 2.18. The van der Waals surface area contributed by atoms with Gasteiger partial charge in [0.05, 0.1) is 15.9 Å². The lowest BCUT2D eigenvalue weighted by Crippen LogP contribution is -2.35. The van der Waals surface area contributed by atoms with Gasteiger partial charge in [-0.05, 0) is 31.6 Å². The van der Waals surface area contributed by atoms with E-state index in [4.69, 9.17) is 5.73 Å². The van der Waals surface area contributed by atoms with Gasteiger partial charge in [-0.1, -0.05) is 0 Å². The van der Waals surface area contributed by atoms with Crippen molar-refractivity contribution in [2.75, 3.05) is 0 Å². The van der Waals surface area contributed by atoms with E-state index in [1.807, 2.05) is 9.47 Å². The van der Waals surface area contributed by atoms with E-state index in [9.17, 15) is 9.18 Å². The van der Waals surface area contributed by atoms with Crippen molar-refractivity contribution in [3.05, 3.63) is 0 Å². The molecule has 1 rings (SSSR count). The van der Waals surface area contributed by atoms with Crippen molar-refractivity contribution in [2.24, 2.45) is 11.7 Å². The Kier molecular flexibility index (Phi) is 4.76. The predicted molar refractivity (Wildman–Crippen MR) is 55.2 cm³/mol. The van der Waals surface area contributed by atoms with Gasteiger partial charge in [0.1, 0.15) is 6.17 Å². The second kappa shape index (κ2) is 5.62. The van der Waals surface area contributed by atoms with E-state index < -0.39 is 6.17 Å². The van der Waals surface area contributed by atoms with Crippen molar-refractivity contribution in [2.45, 2.75) is 44.3 Å². The van der Waals surface area contributed by atoms with Crippen LogP contribution in [0, 0.1) is 5.92 Å². The summed E-state index contributed by atoms with van der Waals surface area (Å²) in [7, 11) is 1.91. The number of carbonyl (C=O) groups excluding carboxylic acids is 1. The molecule has 0 aromatic heterocycles. The minimum absolute atomic E-state index is 0.185. The van der Waals surface area contributed by atoms with Crippen LogP contribution in [0.1, 0.15) is 32.1 Å². The van der Waals surface area contributed by atoms with E-state index in [0.29, 0.717) is 12.8 Å². The maximum Gasteiger partial charge on any atom is 0.309 e. The van der Waals surface area contributed by atoms with Crippen LogP contribution in [0.3, 0.4) is 0 Å². The first kappa shape index (κ1) is 11.9. The van der Waals surface area contributed by atoms with Gasteiger partial charge in [-0.25, -0.2) is 4.39 Å². The monoisotopic (exact) mass is 221 g/mol. The summed E-state index contributed by atoms with van der Waals surface area (Å²) in [5.41, 5.74) is 5.84. The maximum atomic E-state index is 12.8. The van der Waals surface area contributed by atoms with Crippen LogP contribution < -0.4 is 5.73 Å². The van der Waals surface area contributed by atoms with Gasteiger partial charge in [0.25, 0.3) is 0 Å². The van der Waals surface area contributed by atoms with E-state index in [-0.39, 0.29) is 24.3 Å². The molecule has 5 heteroatoms. The predicted octanol–water partition coefficient (Wildman–Crippen LogP) is 1.57. The quantitative estimate of drug-likeness (QED) is 0.736. The Hall–Kier alpha value is -0.210. The Balaban J connectivity index is 2.30. The summed E-state index contributed by atoms with van der Waals surface area (Å²) >= 11 is 0. The minimum atomic E-state index is -0.674. The van der Waals surface area contributed by atoms with Crippen molar-refractivity contribution >= 4 is 15.4 Å². The average molecular weight is 221 g/mol. The molecule has 0 aromatic carbocycles. The molecule has 1 aliphatic rings. The number of halogens is 1. The highest BCUT2D eigenvalue weighted by atomic mass is 31.0. The van der Waals surface area contributed by atoms with Crippen LogP contribution in [0.4, 0.5) is 4.39 Å². The lowest BCUT2D eigenvalue weighted by atomic mass is 9.82. The molecule has 1 fully saturated rings.